The summed E-state index contributed by atoms with van der Waals surface area (Å²) in [4.78, 5) is 18.0. The van der Waals surface area contributed by atoms with Crippen LogP contribution >= 0.6 is 11.3 Å². The summed E-state index contributed by atoms with van der Waals surface area (Å²) in [6.07, 6.45) is 0. The van der Waals surface area contributed by atoms with Crippen molar-refractivity contribution in [2.45, 2.75) is 20.4 Å². The number of carbonyl (C=O) groups excluding carboxylic acids is 1. The second kappa shape index (κ2) is 6.34. The highest BCUT2D eigenvalue weighted by Crippen LogP contribution is 2.23. The van der Waals surface area contributed by atoms with Crippen LogP contribution in [0.5, 0.6) is 0 Å². The van der Waals surface area contributed by atoms with Gasteiger partial charge in [-0.3, -0.25) is 14.5 Å². The summed E-state index contributed by atoms with van der Waals surface area (Å²) in [6.45, 7) is 4.24. The summed E-state index contributed by atoms with van der Waals surface area (Å²) in [6, 6.07) is 9.71. The number of carbonyl (C=O) groups is 1. The molecule has 1 N–H and O–H groups in total. The Morgan fingerprint density at radius 1 is 1.30 bits per heavy atom. The first kappa shape index (κ1) is 15.4. The second-order valence-electron chi connectivity index (χ2n) is 5.39. The standard InChI is InChI=1S/C17H18N4OS/c1-11-9-13(21(3)20-11)10-18-17(22)14-6-7-15(19-12(14)2)16-5-4-8-23-16/h4-9H,10H2,1-3H3,(H,18,22). The third-order valence-electron chi connectivity index (χ3n) is 3.63. The van der Waals surface area contributed by atoms with Gasteiger partial charge in [-0.25, -0.2) is 0 Å². The molecule has 0 saturated carbocycles. The summed E-state index contributed by atoms with van der Waals surface area (Å²) in [5.74, 6) is -0.119. The summed E-state index contributed by atoms with van der Waals surface area (Å²) < 4.78 is 1.78. The lowest BCUT2D eigenvalue weighted by Gasteiger charge is -2.08. The highest BCUT2D eigenvalue weighted by Gasteiger charge is 2.12. The molecule has 5 nitrogen and oxygen atoms in total. The molecule has 3 aromatic rings. The Kier molecular flexibility index (Phi) is 4.25. The minimum atomic E-state index is -0.119. The predicted octanol–water partition coefficient (Wildman–Crippen LogP) is 3.09. The van der Waals surface area contributed by atoms with Gasteiger partial charge in [0.15, 0.2) is 0 Å². The zero-order valence-corrected chi connectivity index (χ0v) is 14.1. The Balaban J connectivity index is 1.73. The van der Waals surface area contributed by atoms with Gasteiger partial charge in [0.1, 0.15) is 0 Å². The van der Waals surface area contributed by atoms with Gasteiger partial charge in [-0.15, -0.1) is 11.3 Å². The van der Waals surface area contributed by atoms with Crippen molar-refractivity contribution in [3.05, 3.63) is 58.4 Å². The third-order valence-corrected chi connectivity index (χ3v) is 4.53. The summed E-state index contributed by atoms with van der Waals surface area (Å²) in [5.41, 5.74) is 4.14. The maximum absolute atomic E-state index is 12.4. The number of nitrogens with zero attached hydrogens (tertiary/aromatic N) is 3. The van der Waals surface area contributed by atoms with E-state index in [0.29, 0.717) is 12.1 Å². The van der Waals surface area contributed by atoms with Crippen LogP contribution in [0, 0.1) is 13.8 Å². The monoisotopic (exact) mass is 326 g/mol. The number of rotatable bonds is 4. The molecule has 0 atom stereocenters. The second-order valence-corrected chi connectivity index (χ2v) is 6.34. The molecule has 118 valence electrons. The SMILES string of the molecule is Cc1cc(CNC(=O)c2ccc(-c3cccs3)nc2C)n(C)n1. The maximum atomic E-state index is 12.4. The zero-order chi connectivity index (χ0) is 16.4. The highest BCUT2D eigenvalue weighted by molar-refractivity contribution is 7.13. The van der Waals surface area contributed by atoms with Gasteiger partial charge in [0.05, 0.1) is 39.8 Å². The molecule has 3 rings (SSSR count). The van der Waals surface area contributed by atoms with Crippen molar-refractivity contribution in [2.24, 2.45) is 7.05 Å². The summed E-state index contributed by atoms with van der Waals surface area (Å²) in [5, 5.41) is 9.22. The van der Waals surface area contributed by atoms with Crippen molar-refractivity contribution in [3.63, 3.8) is 0 Å². The number of aromatic nitrogens is 3. The smallest absolute Gasteiger partial charge is 0.253 e. The van der Waals surface area contributed by atoms with Crippen LogP contribution in [0.3, 0.4) is 0 Å². The van der Waals surface area contributed by atoms with Gasteiger partial charge in [-0.2, -0.15) is 5.10 Å². The van der Waals surface area contributed by atoms with Crippen LogP contribution in [0.1, 0.15) is 27.4 Å². The first-order chi connectivity index (χ1) is 11.0. The van der Waals surface area contributed by atoms with Crippen LogP contribution in [0.2, 0.25) is 0 Å². The minimum Gasteiger partial charge on any atom is -0.346 e. The fourth-order valence-corrected chi connectivity index (χ4v) is 3.15. The molecule has 0 saturated heterocycles. The Bertz CT molecular complexity index is 836. The van der Waals surface area contributed by atoms with E-state index in [1.165, 1.54) is 0 Å². The van der Waals surface area contributed by atoms with E-state index >= 15 is 0 Å². The van der Waals surface area contributed by atoms with E-state index in [2.05, 4.69) is 15.4 Å². The summed E-state index contributed by atoms with van der Waals surface area (Å²) >= 11 is 1.64. The third kappa shape index (κ3) is 3.32. The van der Waals surface area contributed by atoms with Crippen molar-refractivity contribution in [1.82, 2.24) is 20.1 Å². The van der Waals surface area contributed by atoms with E-state index in [-0.39, 0.29) is 5.91 Å². The van der Waals surface area contributed by atoms with Gasteiger partial charge < -0.3 is 5.32 Å². The van der Waals surface area contributed by atoms with E-state index in [9.17, 15) is 4.79 Å². The molecule has 0 radical (unpaired) electrons. The Hall–Kier alpha value is -2.47. The minimum absolute atomic E-state index is 0.119. The topological polar surface area (TPSA) is 59.8 Å². The van der Waals surface area contributed by atoms with Gasteiger partial charge in [-0.05, 0) is 43.5 Å². The largest absolute Gasteiger partial charge is 0.346 e. The number of nitrogens with one attached hydrogen (secondary N) is 1. The number of aryl methyl sites for hydroxylation is 3. The van der Waals surface area contributed by atoms with Crippen molar-refractivity contribution < 1.29 is 4.79 Å². The van der Waals surface area contributed by atoms with Gasteiger partial charge in [0, 0.05) is 7.05 Å². The van der Waals surface area contributed by atoms with E-state index in [1.807, 2.05) is 56.6 Å². The quantitative estimate of drug-likeness (QED) is 0.801. The van der Waals surface area contributed by atoms with E-state index in [4.69, 9.17) is 0 Å². The van der Waals surface area contributed by atoms with Crippen molar-refractivity contribution >= 4 is 17.2 Å². The van der Waals surface area contributed by atoms with Crippen molar-refractivity contribution in [2.75, 3.05) is 0 Å². The summed E-state index contributed by atoms with van der Waals surface area (Å²) in [7, 11) is 1.87. The van der Waals surface area contributed by atoms with Crippen molar-refractivity contribution in [3.8, 4) is 10.6 Å². The first-order valence-electron chi connectivity index (χ1n) is 7.34. The molecular formula is C17H18N4OS. The van der Waals surface area contributed by atoms with Gasteiger partial charge in [0.25, 0.3) is 5.91 Å². The van der Waals surface area contributed by atoms with Crippen LogP contribution in [-0.4, -0.2) is 20.7 Å². The lowest BCUT2D eigenvalue weighted by Crippen LogP contribution is -2.25. The Morgan fingerprint density at radius 3 is 2.74 bits per heavy atom. The lowest BCUT2D eigenvalue weighted by molar-refractivity contribution is 0.0949. The van der Waals surface area contributed by atoms with E-state index in [1.54, 1.807) is 16.0 Å². The number of thiophene rings is 1. The molecule has 1 amide bonds. The molecule has 0 bridgehead atoms. The van der Waals surface area contributed by atoms with Gasteiger partial charge >= 0.3 is 0 Å². The van der Waals surface area contributed by atoms with Crippen LogP contribution in [0.25, 0.3) is 10.6 Å². The zero-order valence-electron chi connectivity index (χ0n) is 13.3. The van der Waals surface area contributed by atoms with E-state index < -0.39 is 0 Å². The van der Waals surface area contributed by atoms with Crippen molar-refractivity contribution in [1.29, 1.82) is 0 Å². The molecule has 0 aromatic carbocycles. The first-order valence-corrected chi connectivity index (χ1v) is 8.22. The molecule has 6 heteroatoms. The van der Waals surface area contributed by atoms with Crippen LogP contribution in [0.4, 0.5) is 0 Å². The average molecular weight is 326 g/mol. The molecule has 3 heterocycles. The Morgan fingerprint density at radius 2 is 2.13 bits per heavy atom. The fraction of sp³-hybridized carbons (Fsp3) is 0.235. The molecule has 23 heavy (non-hydrogen) atoms. The molecular weight excluding hydrogens is 308 g/mol. The molecule has 0 spiro atoms. The number of amides is 1. The Labute approximate surface area is 139 Å². The predicted molar refractivity (Wildman–Crippen MR) is 91.4 cm³/mol. The van der Waals surface area contributed by atoms with Crippen LogP contribution < -0.4 is 5.32 Å². The molecule has 3 aromatic heterocycles. The highest BCUT2D eigenvalue weighted by atomic mass is 32.1. The fourth-order valence-electron chi connectivity index (χ4n) is 2.46. The lowest BCUT2D eigenvalue weighted by atomic mass is 10.1. The normalized spacial score (nSPS) is 10.7. The van der Waals surface area contributed by atoms with Gasteiger partial charge in [0.2, 0.25) is 0 Å². The molecule has 0 fully saturated rings. The molecule has 0 aliphatic rings. The number of hydrogen-bond donors (Lipinski definition) is 1. The molecule has 0 unspecified atom stereocenters. The average Bonchev–Trinajstić information content (AvgIpc) is 3.14. The molecule has 0 aliphatic heterocycles. The maximum Gasteiger partial charge on any atom is 0.253 e. The molecule has 0 aliphatic carbocycles. The van der Waals surface area contributed by atoms with E-state index in [0.717, 1.165) is 27.7 Å². The number of pyridine rings is 1. The van der Waals surface area contributed by atoms with Crippen LogP contribution in [-0.2, 0) is 13.6 Å². The van der Waals surface area contributed by atoms with Gasteiger partial charge in [-0.1, -0.05) is 6.07 Å². The van der Waals surface area contributed by atoms with Crippen LogP contribution in [0.15, 0.2) is 35.7 Å². The number of hydrogen-bond acceptors (Lipinski definition) is 4.